The molecule has 6 nitrogen and oxygen atoms in total. The van der Waals surface area contributed by atoms with Crippen LogP contribution in [-0.2, 0) is 17.8 Å². The third-order valence-corrected chi connectivity index (χ3v) is 5.74. The fourth-order valence-corrected chi connectivity index (χ4v) is 3.50. The van der Waals surface area contributed by atoms with Gasteiger partial charge in [-0.3, -0.25) is 4.79 Å². The maximum Gasteiger partial charge on any atom is 0.335 e. The molecule has 1 amide bonds. The largest absolute Gasteiger partial charge is 0.489 e. The van der Waals surface area contributed by atoms with Gasteiger partial charge in [0.25, 0.3) is 5.91 Å². The summed E-state index contributed by atoms with van der Waals surface area (Å²) in [7, 11) is 0. The number of carbonyl (C=O) groups is 2. The summed E-state index contributed by atoms with van der Waals surface area (Å²) in [4.78, 5) is 23.6. The van der Waals surface area contributed by atoms with Crippen molar-refractivity contribution in [2.24, 2.45) is 0 Å². The fourth-order valence-electron chi connectivity index (χ4n) is 3.15. The third kappa shape index (κ3) is 6.73. The minimum absolute atomic E-state index is 0.113. The molecule has 0 saturated carbocycles. The molecule has 0 radical (unpaired) electrons. The number of carbonyl (C=O) groups excluding carboxylic acids is 1. The number of hydrogen-bond acceptors (Lipinski definition) is 4. The second-order valence-corrected chi connectivity index (χ2v) is 8.16. The van der Waals surface area contributed by atoms with Crippen molar-refractivity contribution >= 4 is 46.8 Å². The summed E-state index contributed by atoms with van der Waals surface area (Å²) in [5, 5.41) is 21.6. The molecule has 176 valence electrons. The maximum absolute atomic E-state index is 12.6. The van der Waals surface area contributed by atoms with E-state index in [0.717, 1.165) is 11.1 Å². The van der Waals surface area contributed by atoms with Crippen molar-refractivity contribution in [1.29, 1.82) is 5.26 Å². The van der Waals surface area contributed by atoms with E-state index in [2.05, 4.69) is 11.9 Å². The number of allylic oxidation sites excluding steroid dienone is 1. The zero-order valence-corrected chi connectivity index (χ0v) is 19.9. The van der Waals surface area contributed by atoms with Gasteiger partial charge in [0.15, 0.2) is 0 Å². The molecule has 0 bridgehead atoms. The van der Waals surface area contributed by atoms with Crippen LogP contribution in [-0.4, -0.2) is 17.0 Å². The van der Waals surface area contributed by atoms with Gasteiger partial charge >= 0.3 is 5.97 Å². The van der Waals surface area contributed by atoms with Crippen molar-refractivity contribution in [3.05, 3.63) is 111 Å². The number of hydrogen-bond donors (Lipinski definition) is 2. The highest BCUT2D eigenvalue weighted by atomic mass is 35.5. The minimum atomic E-state index is -0.990. The molecule has 3 rings (SSSR count). The number of carboxylic acids is 1. The number of rotatable bonds is 9. The number of nitrogens with zero attached hydrogens (tertiary/aromatic N) is 1. The van der Waals surface area contributed by atoms with Crippen LogP contribution in [0.3, 0.4) is 0 Å². The summed E-state index contributed by atoms with van der Waals surface area (Å²) in [6.07, 6.45) is 3.69. The zero-order valence-electron chi connectivity index (χ0n) is 18.4. The van der Waals surface area contributed by atoms with Gasteiger partial charge in [-0.15, -0.1) is 6.58 Å². The molecule has 0 heterocycles. The van der Waals surface area contributed by atoms with Crippen LogP contribution in [0.5, 0.6) is 5.75 Å². The summed E-state index contributed by atoms with van der Waals surface area (Å²) < 4.78 is 5.93. The number of aromatic carboxylic acids is 1. The van der Waals surface area contributed by atoms with E-state index in [-0.39, 0.29) is 27.8 Å². The third-order valence-electron chi connectivity index (χ3n) is 4.92. The van der Waals surface area contributed by atoms with Crippen LogP contribution >= 0.6 is 23.2 Å². The van der Waals surface area contributed by atoms with Gasteiger partial charge in [-0.25, -0.2) is 4.79 Å². The van der Waals surface area contributed by atoms with Gasteiger partial charge in [0.2, 0.25) is 0 Å². The van der Waals surface area contributed by atoms with E-state index in [4.69, 9.17) is 33.0 Å². The second-order valence-electron chi connectivity index (χ2n) is 7.38. The lowest BCUT2D eigenvalue weighted by atomic mass is 10.0. The Kier molecular flexibility index (Phi) is 8.69. The number of nitriles is 1. The van der Waals surface area contributed by atoms with Gasteiger partial charge in [0.1, 0.15) is 24.0 Å². The van der Waals surface area contributed by atoms with Gasteiger partial charge in [0, 0.05) is 0 Å². The van der Waals surface area contributed by atoms with E-state index in [1.807, 2.05) is 12.1 Å². The Morgan fingerprint density at radius 2 is 1.86 bits per heavy atom. The van der Waals surface area contributed by atoms with Crippen LogP contribution in [0.2, 0.25) is 10.0 Å². The monoisotopic (exact) mass is 506 g/mol. The predicted octanol–water partition coefficient (Wildman–Crippen LogP) is 6.54. The maximum atomic E-state index is 12.6. The number of carboxylic acid groups (broad SMARTS) is 1. The molecule has 3 aromatic carbocycles. The average molecular weight is 507 g/mol. The molecule has 8 heteroatoms. The Morgan fingerprint density at radius 1 is 1.11 bits per heavy atom. The number of ether oxygens (including phenoxy) is 1. The minimum Gasteiger partial charge on any atom is -0.489 e. The first-order valence-electron chi connectivity index (χ1n) is 10.4. The van der Waals surface area contributed by atoms with Crippen LogP contribution in [0.1, 0.15) is 27.0 Å². The molecular formula is C27H20Cl2N2O4. The Labute approximate surface area is 212 Å². The normalized spacial score (nSPS) is 10.8. The van der Waals surface area contributed by atoms with Crippen molar-refractivity contribution in [2.45, 2.75) is 13.0 Å². The Morgan fingerprint density at radius 3 is 2.51 bits per heavy atom. The second kappa shape index (κ2) is 11.9. The molecule has 3 aromatic rings. The Balaban J connectivity index is 1.78. The van der Waals surface area contributed by atoms with Crippen molar-refractivity contribution in [2.75, 3.05) is 5.32 Å². The van der Waals surface area contributed by atoms with E-state index in [0.29, 0.717) is 23.4 Å². The Hall–Kier alpha value is -4.05. The van der Waals surface area contributed by atoms with Gasteiger partial charge in [-0.2, -0.15) is 5.26 Å². The summed E-state index contributed by atoms with van der Waals surface area (Å²) >= 11 is 12.1. The number of nitrogens with one attached hydrogen (secondary N) is 1. The summed E-state index contributed by atoms with van der Waals surface area (Å²) in [6, 6.07) is 18.4. The molecule has 0 atom stereocenters. The fraction of sp³-hybridized carbons (Fsp3) is 0.0741. The SMILES string of the molecule is C=CCc1cc(/C=C(/C#N)C(=O)Nc2cccc(Cl)c2Cl)ccc1OCc1ccc(C(=O)O)cc1. The Bertz CT molecular complexity index is 1340. The molecule has 0 aromatic heterocycles. The average Bonchev–Trinajstić information content (AvgIpc) is 2.85. The number of halogens is 2. The molecule has 0 aliphatic carbocycles. The molecular weight excluding hydrogens is 487 g/mol. The van der Waals surface area contributed by atoms with Crippen LogP contribution in [0, 0.1) is 11.3 Å². The van der Waals surface area contributed by atoms with Crippen LogP contribution in [0.25, 0.3) is 6.08 Å². The first kappa shape index (κ1) is 25.6. The number of amides is 1. The topological polar surface area (TPSA) is 99.4 Å². The predicted molar refractivity (Wildman–Crippen MR) is 137 cm³/mol. The zero-order chi connectivity index (χ0) is 25.4. The van der Waals surface area contributed by atoms with Crippen LogP contribution in [0.4, 0.5) is 5.69 Å². The number of anilines is 1. The molecule has 0 unspecified atom stereocenters. The van der Waals surface area contributed by atoms with E-state index in [1.54, 1.807) is 48.5 Å². The van der Waals surface area contributed by atoms with Crippen molar-refractivity contribution < 1.29 is 19.4 Å². The lowest BCUT2D eigenvalue weighted by molar-refractivity contribution is -0.112. The van der Waals surface area contributed by atoms with E-state index >= 15 is 0 Å². The van der Waals surface area contributed by atoms with Crippen LogP contribution in [0.15, 0.2) is 78.9 Å². The smallest absolute Gasteiger partial charge is 0.335 e. The van der Waals surface area contributed by atoms with Gasteiger partial charge < -0.3 is 15.2 Å². The van der Waals surface area contributed by atoms with Crippen molar-refractivity contribution in [3.63, 3.8) is 0 Å². The van der Waals surface area contributed by atoms with Gasteiger partial charge in [-0.1, -0.05) is 53.5 Å². The van der Waals surface area contributed by atoms with Crippen LogP contribution < -0.4 is 10.1 Å². The first-order chi connectivity index (χ1) is 16.8. The van der Waals surface area contributed by atoms with Gasteiger partial charge in [0.05, 0.1) is 21.3 Å². The highest BCUT2D eigenvalue weighted by Crippen LogP contribution is 2.30. The lowest BCUT2D eigenvalue weighted by Gasteiger charge is -2.12. The lowest BCUT2D eigenvalue weighted by Crippen LogP contribution is -2.13. The quantitative estimate of drug-likeness (QED) is 0.195. The summed E-state index contributed by atoms with van der Waals surface area (Å²) in [6.45, 7) is 4.01. The highest BCUT2D eigenvalue weighted by molar-refractivity contribution is 6.44. The van der Waals surface area contributed by atoms with E-state index in [9.17, 15) is 14.9 Å². The molecule has 0 aliphatic rings. The van der Waals surface area contributed by atoms with E-state index < -0.39 is 11.9 Å². The standard InChI is InChI=1S/C27H20Cl2N2O4/c1-2-4-20-13-18(9-12-24(20)35-16-17-7-10-19(11-8-17)27(33)34)14-21(15-30)26(32)31-23-6-3-5-22(28)25(23)29/h2-3,5-14H,1,4,16H2,(H,31,32)(H,33,34)/b21-14-. The van der Waals surface area contributed by atoms with E-state index in [1.165, 1.54) is 18.2 Å². The molecule has 2 N–H and O–H groups in total. The highest BCUT2D eigenvalue weighted by Gasteiger charge is 2.14. The first-order valence-corrected chi connectivity index (χ1v) is 11.1. The van der Waals surface area contributed by atoms with Crippen molar-refractivity contribution in [1.82, 2.24) is 0 Å². The van der Waals surface area contributed by atoms with Crippen molar-refractivity contribution in [3.8, 4) is 11.8 Å². The summed E-state index contributed by atoms with van der Waals surface area (Å²) in [5.74, 6) is -0.999. The molecule has 0 spiro atoms. The van der Waals surface area contributed by atoms with Gasteiger partial charge in [-0.05, 0) is 65.6 Å². The molecule has 0 aliphatic heterocycles. The summed E-state index contributed by atoms with van der Waals surface area (Å²) in [5.41, 5.74) is 2.64. The molecule has 0 fully saturated rings. The molecule has 35 heavy (non-hydrogen) atoms. The molecule has 0 saturated heterocycles. The number of benzene rings is 3.